The van der Waals surface area contributed by atoms with Crippen LogP contribution in [0.1, 0.15) is 19.8 Å². The molecule has 1 atom stereocenters. The van der Waals surface area contributed by atoms with E-state index in [1.54, 1.807) is 6.92 Å². The van der Waals surface area contributed by atoms with Gasteiger partial charge in [0, 0.05) is 24.8 Å². The standard InChI is InChI=1S/C15H18F2N2O3/c1-2-22-14(20)10-4-3-5-19(9-10)15(21)18-13-7-11(16)6-12(17)8-13/h6-8,10H,2-5,9H2,1H3,(H,18,21)/t10-/m0/s1. The average Bonchev–Trinajstić information content (AvgIpc) is 2.46. The van der Waals surface area contributed by atoms with Crippen LogP contribution in [0.2, 0.25) is 0 Å². The molecule has 1 heterocycles. The zero-order valence-electron chi connectivity index (χ0n) is 12.3. The summed E-state index contributed by atoms with van der Waals surface area (Å²) in [5, 5.41) is 2.44. The van der Waals surface area contributed by atoms with Gasteiger partial charge in [-0.25, -0.2) is 13.6 Å². The van der Waals surface area contributed by atoms with Crippen molar-refractivity contribution in [2.45, 2.75) is 19.8 Å². The molecule has 22 heavy (non-hydrogen) atoms. The van der Waals surface area contributed by atoms with Crippen LogP contribution in [0.5, 0.6) is 0 Å². The van der Waals surface area contributed by atoms with Gasteiger partial charge in [0.05, 0.1) is 12.5 Å². The molecule has 1 N–H and O–H groups in total. The highest BCUT2D eigenvalue weighted by atomic mass is 19.1. The second-order valence-electron chi connectivity index (χ2n) is 5.13. The average molecular weight is 312 g/mol. The first-order chi connectivity index (χ1) is 10.5. The van der Waals surface area contributed by atoms with Gasteiger partial charge in [0.2, 0.25) is 0 Å². The van der Waals surface area contributed by atoms with Gasteiger partial charge in [-0.2, -0.15) is 0 Å². The van der Waals surface area contributed by atoms with Crippen LogP contribution in [-0.4, -0.2) is 36.6 Å². The summed E-state index contributed by atoms with van der Waals surface area (Å²) < 4.78 is 31.2. The number of benzene rings is 1. The Morgan fingerprint density at radius 3 is 2.64 bits per heavy atom. The Kier molecular flexibility index (Phi) is 5.30. The van der Waals surface area contributed by atoms with E-state index >= 15 is 0 Å². The monoisotopic (exact) mass is 312 g/mol. The van der Waals surface area contributed by atoms with Crippen LogP contribution in [-0.2, 0) is 9.53 Å². The molecule has 0 unspecified atom stereocenters. The van der Waals surface area contributed by atoms with Crippen LogP contribution in [0.15, 0.2) is 18.2 Å². The molecule has 0 saturated carbocycles. The minimum atomic E-state index is -0.765. The molecule has 1 aromatic carbocycles. The van der Waals surface area contributed by atoms with Crippen molar-refractivity contribution in [2.75, 3.05) is 25.0 Å². The van der Waals surface area contributed by atoms with Gasteiger partial charge in [0.15, 0.2) is 0 Å². The molecule has 1 aliphatic heterocycles. The third kappa shape index (κ3) is 4.16. The first-order valence-electron chi connectivity index (χ1n) is 7.18. The number of piperidine rings is 1. The molecule has 1 aromatic rings. The lowest BCUT2D eigenvalue weighted by molar-refractivity contribution is -0.149. The summed E-state index contributed by atoms with van der Waals surface area (Å²) in [7, 11) is 0. The third-order valence-corrected chi connectivity index (χ3v) is 3.44. The molecular formula is C15H18F2N2O3. The van der Waals surface area contributed by atoms with Crippen molar-refractivity contribution in [3.8, 4) is 0 Å². The van der Waals surface area contributed by atoms with Gasteiger partial charge < -0.3 is 15.0 Å². The minimum absolute atomic E-state index is 0.0424. The number of carbonyl (C=O) groups is 2. The highest BCUT2D eigenvalue weighted by Crippen LogP contribution is 2.20. The number of amides is 2. The summed E-state index contributed by atoms with van der Waals surface area (Å²) in [6, 6.07) is 2.31. The van der Waals surface area contributed by atoms with Crippen LogP contribution in [0.3, 0.4) is 0 Å². The number of hydrogen-bond acceptors (Lipinski definition) is 3. The van der Waals surface area contributed by atoms with Crippen molar-refractivity contribution in [2.24, 2.45) is 5.92 Å². The number of urea groups is 1. The highest BCUT2D eigenvalue weighted by molar-refractivity contribution is 5.89. The van der Waals surface area contributed by atoms with Crippen molar-refractivity contribution in [1.29, 1.82) is 0 Å². The van der Waals surface area contributed by atoms with E-state index in [2.05, 4.69) is 5.32 Å². The SMILES string of the molecule is CCOC(=O)[C@H]1CCCN(C(=O)Nc2cc(F)cc(F)c2)C1. The lowest BCUT2D eigenvalue weighted by Crippen LogP contribution is -2.44. The Balaban J connectivity index is 1.98. The molecule has 0 aromatic heterocycles. The smallest absolute Gasteiger partial charge is 0.321 e. The fourth-order valence-electron chi connectivity index (χ4n) is 2.44. The first kappa shape index (κ1) is 16.2. The number of nitrogens with zero attached hydrogens (tertiary/aromatic N) is 1. The van der Waals surface area contributed by atoms with Gasteiger partial charge in [-0.1, -0.05) is 0 Å². The van der Waals surface area contributed by atoms with E-state index in [9.17, 15) is 18.4 Å². The van der Waals surface area contributed by atoms with Gasteiger partial charge in [-0.05, 0) is 31.9 Å². The van der Waals surface area contributed by atoms with Crippen molar-refractivity contribution in [1.82, 2.24) is 4.90 Å². The topological polar surface area (TPSA) is 58.6 Å². The Hall–Kier alpha value is -2.18. The molecular weight excluding hydrogens is 294 g/mol. The van der Waals surface area contributed by atoms with Gasteiger partial charge in [-0.15, -0.1) is 0 Å². The number of likely N-dealkylation sites (tertiary alicyclic amines) is 1. The lowest BCUT2D eigenvalue weighted by Gasteiger charge is -2.31. The number of carbonyl (C=O) groups excluding carboxylic acids is 2. The van der Waals surface area contributed by atoms with E-state index in [0.717, 1.165) is 18.2 Å². The zero-order valence-corrected chi connectivity index (χ0v) is 12.3. The molecule has 1 aliphatic rings. The van der Waals surface area contributed by atoms with E-state index < -0.39 is 17.7 Å². The van der Waals surface area contributed by atoms with E-state index in [4.69, 9.17) is 4.74 Å². The van der Waals surface area contributed by atoms with Crippen molar-refractivity contribution < 1.29 is 23.1 Å². The first-order valence-corrected chi connectivity index (χ1v) is 7.18. The van der Waals surface area contributed by atoms with E-state index in [1.165, 1.54) is 4.90 Å². The predicted molar refractivity (Wildman–Crippen MR) is 76.3 cm³/mol. The van der Waals surface area contributed by atoms with Crippen LogP contribution in [0, 0.1) is 17.6 Å². The third-order valence-electron chi connectivity index (χ3n) is 3.44. The van der Waals surface area contributed by atoms with E-state index in [0.29, 0.717) is 26.0 Å². The molecule has 1 fully saturated rings. The maximum atomic E-state index is 13.1. The number of nitrogens with one attached hydrogen (secondary N) is 1. The number of rotatable bonds is 3. The molecule has 0 radical (unpaired) electrons. The fraction of sp³-hybridized carbons (Fsp3) is 0.467. The molecule has 0 bridgehead atoms. The lowest BCUT2D eigenvalue weighted by atomic mass is 9.98. The van der Waals surface area contributed by atoms with E-state index in [1.807, 2.05) is 0 Å². The van der Waals surface area contributed by atoms with Crippen molar-refractivity contribution >= 4 is 17.7 Å². The maximum absolute atomic E-state index is 13.1. The molecule has 0 aliphatic carbocycles. The van der Waals surface area contributed by atoms with Gasteiger partial charge in [0.1, 0.15) is 11.6 Å². The molecule has 5 nitrogen and oxygen atoms in total. The zero-order chi connectivity index (χ0) is 16.1. The molecule has 120 valence electrons. The summed E-state index contributed by atoms with van der Waals surface area (Å²) in [6.07, 6.45) is 1.34. The van der Waals surface area contributed by atoms with Crippen LogP contribution in [0.4, 0.5) is 19.3 Å². The van der Waals surface area contributed by atoms with Crippen LogP contribution >= 0.6 is 0 Å². The summed E-state index contributed by atoms with van der Waals surface area (Å²) in [5.74, 6) is -2.21. The molecule has 1 saturated heterocycles. The Bertz CT molecular complexity index is 545. The van der Waals surface area contributed by atoms with Crippen molar-refractivity contribution in [3.05, 3.63) is 29.8 Å². The maximum Gasteiger partial charge on any atom is 0.321 e. The number of halogens is 2. The highest BCUT2D eigenvalue weighted by Gasteiger charge is 2.29. The Labute approximate surface area is 127 Å². The predicted octanol–water partition coefficient (Wildman–Crippen LogP) is 2.77. The molecule has 2 amide bonds. The number of ether oxygens (including phenoxy) is 1. The summed E-state index contributed by atoms with van der Waals surface area (Å²) >= 11 is 0. The quantitative estimate of drug-likeness (QED) is 0.873. The second kappa shape index (κ2) is 7.20. The summed E-state index contributed by atoms with van der Waals surface area (Å²) in [4.78, 5) is 25.3. The minimum Gasteiger partial charge on any atom is -0.466 e. The number of esters is 1. The molecule has 7 heteroatoms. The van der Waals surface area contributed by atoms with Gasteiger partial charge in [0.25, 0.3) is 0 Å². The van der Waals surface area contributed by atoms with Gasteiger partial charge >= 0.3 is 12.0 Å². The number of anilines is 1. The van der Waals surface area contributed by atoms with Crippen LogP contribution in [0.25, 0.3) is 0 Å². The fourth-order valence-corrected chi connectivity index (χ4v) is 2.44. The normalized spacial score (nSPS) is 18.0. The molecule has 0 spiro atoms. The second-order valence-corrected chi connectivity index (χ2v) is 5.13. The summed E-state index contributed by atoms with van der Waals surface area (Å²) in [6.45, 7) is 2.75. The van der Waals surface area contributed by atoms with E-state index in [-0.39, 0.29) is 24.1 Å². The Morgan fingerprint density at radius 1 is 1.32 bits per heavy atom. The van der Waals surface area contributed by atoms with Crippen molar-refractivity contribution in [3.63, 3.8) is 0 Å². The summed E-state index contributed by atoms with van der Waals surface area (Å²) in [5.41, 5.74) is 0.0424. The largest absolute Gasteiger partial charge is 0.466 e. The number of hydrogen-bond donors (Lipinski definition) is 1. The Morgan fingerprint density at radius 2 is 2.00 bits per heavy atom. The van der Waals surface area contributed by atoms with Gasteiger partial charge in [-0.3, -0.25) is 4.79 Å². The van der Waals surface area contributed by atoms with Crippen LogP contribution < -0.4 is 5.32 Å². The molecule has 2 rings (SSSR count).